The second-order valence-electron chi connectivity index (χ2n) is 7.52. The van der Waals surface area contributed by atoms with Gasteiger partial charge >= 0.3 is 0 Å². The van der Waals surface area contributed by atoms with Crippen LogP contribution in [0.25, 0.3) is 0 Å². The predicted molar refractivity (Wildman–Crippen MR) is 135 cm³/mol. The van der Waals surface area contributed by atoms with E-state index < -0.39 is 10.0 Å². The van der Waals surface area contributed by atoms with Crippen LogP contribution in [0.2, 0.25) is 10.0 Å². The second-order valence-corrected chi connectivity index (χ2v) is 10.0. The van der Waals surface area contributed by atoms with E-state index in [1.54, 1.807) is 24.3 Å². The first-order chi connectivity index (χ1) is 15.7. The van der Waals surface area contributed by atoms with E-state index in [-0.39, 0.29) is 27.3 Å². The molecule has 3 aromatic rings. The zero-order chi connectivity index (χ0) is 23.8. The topological polar surface area (TPSA) is 78.5 Å². The van der Waals surface area contributed by atoms with Crippen LogP contribution < -0.4 is 14.9 Å². The average molecular weight is 506 g/mol. The molecule has 0 unspecified atom stereocenters. The van der Waals surface area contributed by atoms with Crippen LogP contribution >= 0.6 is 23.2 Å². The molecule has 0 spiro atoms. The Morgan fingerprint density at radius 1 is 0.939 bits per heavy atom. The summed E-state index contributed by atoms with van der Waals surface area (Å²) >= 11 is 11.8. The van der Waals surface area contributed by atoms with Crippen molar-refractivity contribution >= 4 is 50.5 Å². The number of carbonyl (C=O) groups is 1. The molecule has 0 bridgehead atoms. The molecule has 3 aromatic carbocycles. The Bertz CT molecular complexity index is 1190. The van der Waals surface area contributed by atoms with Crippen molar-refractivity contribution in [1.29, 1.82) is 0 Å². The van der Waals surface area contributed by atoms with Gasteiger partial charge in [-0.25, -0.2) is 8.42 Å². The van der Waals surface area contributed by atoms with Crippen LogP contribution in [0.4, 0.5) is 11.4 Å². The number of rotatable bonds is 10. The number of halogens is 2. The third-order valence-corrected chi connectivity index (χ3v) is 7.08. The van der Waals surface area contributed by atoms with Gasteiger partial charge in [-0.1, -0.05) is 53.5 Å². The fourth-order valence-corrected chi connectivity index (χ4v) is 4.60. The maximum Gasteiger partial charge on any atom is 0.261 e. The maximum absolute atomic E-state index is 12.5. The van der Waals surface area contributed by atoms with E-state index in [2.05, 4.69) is 14.9 Å². The highest BCUT2D eigenvalue weighted by Crippen LogP contribution is 2.26. The van der Waals surface area contributed by atoms with Crippen LogP contribution in [0.5, 0.6) is 0 Å². The number of anilines is 2. The van der Waals surface area contributed by atoms with Gasteiger partial charge in [0.05, 0.1) is 21.4 Å². The van der Waals surface area contributed by atoms with Crippen molar-refractivity contribution in [3.8, 4) is 0 Å². The molecule has 0 aliphatic carbocycles. The molecular formula is C24H25Cl2N3O3S. The predicted octanol–water partition coefficient (Wildman–Crippen LogP) is 4.98. The number of nitrogens with zero attached hydrogens (tertiary/aromatic N) is 1. The van der Waals surface area contributed by atoms with Crippen molar-refractivity contribution < 1.29 is 13.2 Å². The Balaban J connectivity index is 1.46. The number of sulfonamides is 1. The summed E-state index contributed by atoms with van der Waals surface area (Å²) in [6.45, 7) is 1.41. The third-order valence-electron chi connectivity index (χ3n) is 4.96. The van der Waals surface area contributed by atoms with Gasteiger partial charge in [0.25, 0.3) is 10.0 Å². The highest BCUT2D eigenvalue weighted by Gasteiger charge is 2.16. The van der Waals surface area contributed by atoms with Crippen LogP contribution in [0, 0.1) is 0 Å². The minimum absolute atomic E-state index is 0.0123. The van der Waals surface area contributed by atoms with Gasteiger partial charge in [-0.2, -0.15) is 0 Å². The molecule has 0 saturated heterocycles. The summed E-state index contributed by atoms with van der Waals surface area (Å²) in [5.41, 5.74) is 2.30. The standard InChI is InChI=1S/C24H25Cl2N3O3S/c1-29(20-6-3-2-4-7-20)15-5-14-27-24(30)16-18-8-10-19(11-9-18)28-33(31,32)21-12-13-22(25)23(26)17-21/h2-4,6-13,17,28H,5,14-16H2,1H3,(H,27,30). The smallest absolute Gasteiger partial charge is 0.261 e. The molecular weight excluding hydrogens is 481 g/mol. The average Bonchev–Trinajstić information content (AvgIpc) is 2.80. The summed E-state index contributed by atoms with van der Waals surface area (Å²) in [6.07, 6.45) is 1.04. The molecule has 9 heteroatoms. The fraction of sp³-hybridized carbons (Fsp3) is 0.208. The highest BCUT2D eigenvalue weighted by molar-refractivity contribution is 7.92. The Morgan fingerprint density at radius 3 is 2.30 bits per heavy atom. The molecule has 0 aliphatic rings. The van der Waals surface area contributed by atoms with Gasteiger partial charge in [-0.15, -0.1) is 0 Å². The van der Waals surface area contributed by atoms with Crippen LogP contribution in [0.3, 0.4) is 0 Å². The van der Waals surface area contributed by atoms with E-state index in [9.17, 15) is 13.2 Å². The molecule has 0 heterocycles. The van der Waals surface area contributed by atoms with Crippen LogP contribution in [0.15, 0.2) is 77.7 Å². The Kier molecular flexibility index (Phi) is 8.61. The molecule has 0 atom stereocenters. The molecule has 0 saturated carbocycles. The first-order valence-electron chi connectivity index (χ1n) is 10.3. The molecule has 33 heavy (non-hydrogen) atoms. The van der Waals surface area contributed by atoms with E-state index in [1.165, 1.54) is 18.2 Å². The van der Waals surface area contributed by atoms with Gasteiger partial charge in [0.1, 0.15) is 0 Å². The minimum Gasteiger partial charge on any atom is -0.375 e. The van der Waals surface area contributed by atoms with Gasteiger partial charge in [0, 0.05) is 31.5 Å². The normalized spacial score (nSPS) is 11.1. The van der Waals surface area contributed by atoms with Gasteiger partial charge in [-0.3, -0.25) is 9.52 Å². The van der Waals surface area contributed by atoms with Crippen LogP contribution in [-0.4, -0.2) is 34.5 Å². The van der Waals surface area contributed by atoms with Crippen LogP contribution in [-0.2, 0) is 21.2 Å². The quantitative estimate of drug-likeness (QED) is 0.381. The molecule has 1 amide bonds. The van der Waals surface area contributed by atoms with Gasteiger partial charge in [0.15, 0.2) is 0 Å². The first kappa shape index (κ1) is 24.9. The second kappa shape index (κ2) is 11.4. The van der Waals surface area contributed by atoms with Crippen molar-refractivity contribution in [1.82, 2.24) is 5.32 Å². The van der Waals surface area contributed by atoms with Crippen molar-refractivity contribution in [3.63, 3.8) is 0 Å². The number of carbonyl (C=O) groups excluding carboxylic acids is 1. The zero-order valence-electron chi connectivity index (χ0n) is 18.1. The molecule has 2 N–H and O–H groups in total. The number of nitrogens with one attached hydrogen (secondary N) is 2. The van der Waals surface area contributed by atoms with E-state index in [4.69, 9.17) is 23.2 Å². The van der Waals surface area contributed by atoms with Crippen molar-refractivity contribution in [2.45, 2.75) is 17.7 Å². The first-order valence-corrected chi connectivity index (χ1v) is 12.6. The lowest BCUT2D eigenvalue weighted by Gasteiger charge is -2.19. The van der Waals surface area contributed by atoms with Crippen molar-refractivity contribution in [2.75, 3.05) is 29.8 Å². The number of hydrogen-bond acceptors (Lipinski definition) is 4. The van der Waals surface area contributed by atoms with Crippen LogP contribution in [0.1, 0.15) is 12.0 Å². The summed E-state index contributed by atoms with van der Waals surface area (Å²) in [7, 11) is -1.78. The summed E-state index contributed by atoms with van der Waals surface area (Å²) in [5.74, 6) is -0.0819. The number of hydrogen-bond donors (Lipinski definition) is 2. The number of benzene rings is 3. The lowest BCUT2D eigenvalue weighted by Crippen LogP contribution is -2.29. The SMILES string of the molecule is CN(CCCNC(=O)Cc1ccc(NS(=O)(=O)c2ccc(Cl)c(Cl)c2)cc1)c1ccccc1. The molecule has 0 aliphatic heterocycles. The van der Waals surface area contributed by atoms with E-state index in [1.807, 2.05) is 37.4 Å². The van der Waals surface area contributed by atoms with Gasteiger partial charge in [0.2, 0.25) is 5.91 Å². The number of para-hydroxylation sites is 1. The van der Waals surface area contributed by atoms with Gasteiger partial charge < -0.3 is 10.2 Å². The Hall–Kier alpha value is -2.74. The monoisotopic (exact) mass is 505 g/mol. The summed E-state index contributed by atoms with van der Waals surface area (Å²) < 4.78 is 27.6. The molecule has 3 rings (SSSR count). The van der Waals surface area contributed by atoms with E-state index in [0.29, 0.717) is 12.2 Å². The largest absolute Gasteiger partial charge is 0.375 e. The molecule has 174 valence electrons. The summed E-state index contributed by atoms with van der Waals surface area (Å²) in [6, 6.07) is 20.8. The molecule has 0 radical (unpaired) electrons. The third kappa shape index (κ3) is 7.39. The lowest BCUT2D eigenvalue weighted by atomic mass is 10.1. The van der Waals surface area contributed by atoms with Crippen molar-refractivity contribution in [2.24, 2.45) is 0 Å². The van der Waals surface area contributed by atoms with Crippen molar-refractivity contribution in [3.05, 3.63) is 88.4 Å². The lowest BCUT2D eigenvalue weighted by molar-refractivity contribution is -0.120. The maximum atomic E-state index is 12.5. The zero-order valence-corrected chi connectivity index (χ0v) is 20.4. The number of amides is 1. The molecule has 0 aromatic heterocycles. The minimum atomic E-state index is -3.81. The highest BCUT2D eigenvalue weighted by atomic mass is 35.5. The van der Waals surface area contributed by atoms with E-state index in [0.717, 1.165) is 24.2 Å². The molecule has 0 fully saturated rings. The summed E-state index contributed by atoms with van der Waals surface area (Å²) in [5, 5.41) is 3.36. The Morgan fingerprint density at radius 2 is 1.64 bits per heavy atom. The molecule has 6 nitrogen and oxygen atoms in total. The summed E-state index contributed by atoms with van der Waals surface area (Å²) in [4.78, 5) is 14.4. The Labute approximate surface area is 204 Å². The van der Waals surface area contributed by atoms with E-state index >= 15 is 0 Å². The fourth-order valence-electron chi connectivity index (χ4n) is 3.15. The van der Waals surface area contributed by atoms with Gasteiger partial charge in [-0.05, 0) is 54.4 Å².